The van der Waals surface area contributed by atoms with Crippen molar-refractivity contribution < 1.29 is 23.4 Å². The Bertz CT molecular complexity index is 1190. The summed E-state index contributed by atoms with van der Waals surface area (Å²) in [5.74, 6) is 1.41. The van der Waals surface area contributed by atoms with Gasteiger partial charge in [-0.25, -0.2) is 9.07 Å². The third-order valence-electron chi connectivity index (χ3n) is 5.85. The van der Waals surface area contributed by atoms with Crippen LogP contribution in [0.5, 0.6) is 17.2 Å². The van der Waals surface area contributed by atoms with Gasteiger partial charge in [-0.1, -0.05) is 18.2 Å². The normalized spacial score (nSPS) is 13.5. The molecule has 172 valence electrons. The van der Waals surface area contributed by atoms with Gasteiger partial charge >= 0.3 is 0 Å². The molecule has 0 spiro atoms. The lowest BCUT2D eigenvalue weighted by molar-refractivity contribution is 0.0772. The van der Waals surface area contributed by atoms with Crippen LogP contribution in [-0.2, 0) is 0 Å². The highest BCUT2D eigenvalue weighted by atomic mass is 19.1. The first-order valence-electron chi connectivity index (χ1n) is 10.6. The first-order valence-corrected chi connectivity index (χ1v) is 10.6. The average Bonchev–Trinajstić information content (AvgIpc) is 3.23. The lowest BCUT2D eigenvalue weighted by Crippen LogP contribution is -2.35. The summed E-state index contributed by atoms with van der Waals surface area (Å²) in [5.41, 5.74) is 3.26. The van der Waals surface area contributed by atoms with Gasteiger partial charge < -0.3 is 19.1 Å². The van der Waals surface area contributed by atoms with E-state index in [1.54, 1.807) is 51.4 Å². The number of rotatable bonds is 6. The molecule has 0 saturated heterocycles. The number of para-hydroxylation sites is 1. The van der Waals surface area contributed by atoms with Crippen molar-refractivity contribution in [1.82, 2.24) is 14.7 Å². The number of hydrogen-bond donors (Lipinski definition) is 0. The van der Waals surface area contributed by atoms with E-state index < -0.39 is 5.82 Å². The van der Waals surface area contributed by atoms with E-state index in [-0.39, 0.29) is 5.91 Å². The predicted molar refractivity (Wildman–Crippen MR) is 123 cm³/mol. The van der Waals surface area contributed by atoms with E-state index in [2.05, 4.69) is 5.10 Å². The molecule has 1 aliphatic heterocycles. The van der Waals surface area contributed by atoms with Gasteiger partial charge in [0.2, 0.25) is 0 Å². The van der Waals surface area contributed by atoms with Gasteiger partial charge in [0.1, 0.15) is 28.8 Å². The predicted octanol–water partition coefficient (Wildman–Crippen LogP) is 4.28. The van der Waals surface area contributed by atoms with E-state index in [0.29, 0.717) is 53.7 Å². The van der Waals surface area contributed by atoms with Crippen LogP contribution in [0.3, 0.4) is 0 Å². The zero-order chi connectivity index (χ0) is 23.5. The number of benzene rings is 2. The molecule has 1 aromatic heterocycles. The second-order valence-electron chi connectivity index (χ2n) is 7.64. The fourth-order valence-corrected chi connectivity index (χ4v) is 4.06. The molecule has 4 rings (SSSR count). The lowest BCUT2D eigenvalue weighted by Gasteiger charge is -2.28. The number of halogens is 1. The number of amides is 1. The molecular weight excluding hydrogens is 425 g/mol. The van der Waals surface area contributed by atoms with Crippen molar-refractivity contribution in [2.45, 2.75) is 13.3 Å². The van der Waals surface area contributed by atoms with Gasteiger partial charge in [0.25, 0.3) is 5.91 Å². The molecule has 0 unspecified atom stereocenters. The van der Waals surface area contributed by atoms with Gasteiger partial charge in [0.15, 0.2) is 0 Å². The standard InChI is InChI=1S/C25H26FN3O4/c1-16-19(15-27-29(16)21-8-6-5-7-20(21)26)25(30)28-11-9-17(10-12-28)24-22(32-3)13-18(31-2)14-23(24)33-4/h5-9,13-15H,10-12H2,1-4H3. The second kappa shape index (κ2) is 9.36. The van der Waals surface area contributed by atoms with Crippen LogP contribution in [0.2, 0.25) is 0 Å². The first-order chi connectivity index (χ1) is 16.0. The van der Waals surface area contributed by atoms with Crippen molar-refractivity contribution in [3.8, 4) is 22.9 Å². The molecule has 0 atom stereocenters. The van der Waals surface area contributed by atoms with Crippen molar-refractivity contribution in [2.24, 2.45) is 0 Å². The number of methoxy groups -OCH3 is 3. The molecule has 0 saturated carbocycles. The molecule has 8 heteroatoms. The average molecular weight is 451 g/mol. The molecular formula is C25H26FN3O4. The van der Waals surface area contributed by atoms with Gasteiger partial charge in [-0.2, -0.15) is 5.10 Å². The summed E-state index contributed by atoms with van der Waals surface area (Å²) in [6, 6.07) is 9.99. The Hall–Kier alpha value is -3.81. The molecule has 0 fully saturated rings. The quantitative estimate of drug-likeness (QED) is 0.560. The summed E-state index contributed by atoms with van der Waals surface area (Å²) in [7, 11) is 4.80. The zero-order valence-electron chi connectivity index (χ0n) is 19.1. The smallest absolute Gasteiger partial charge is 0.257 e. The Morgan fingerprint density at radius 2 is 1.76 bits per heavy atom. The van der Waals surface area contributed by atoms with Crippen molar-refractivity contribution in [3.63, 3.8) is 0 Å². The van der Waals surface area contributed by atoms with Crippen LogP contribution in [0.4, 0.5) is 4.39 Å². The van der Waals surface area contributed by atoms with Crippen LogP contribution in [0.1, 0.15) is 28.0 Å². The molecule has 1 amide bonds. The largest absolute Gasteiger partial charge is 0.496 e. The zero-order valence-corrected chi connectivity index (χ0v) is 19.1. The Balaban J connectivity index is 1.58. The van der Waals surface area contributed by atoms with Crippen LogP contribution in [0, 0.1) is 12.7 Å². The van der Waals surface area contributed by atoms with Gasteiger partial charge in [-0.05, 0) is 31.1 Å². The molecule has 1 aliphatic rings. The molecule has 0 aliphatic carbocycles. The number of carbonyl (C=O) groups is 1. The minimum atomic E-state index is -0.393. The van der Waals surface area contributed by atoms with Crippen LogP contribution >= 0.6 is 0 Å². The fourth-order valence-electron chi connectivity index (χ4n) is 4.06. The molecule has 0 bridgehead atoms. The van der Waals surface area contributed by atoms with Gasteiger partial charge in [0.05, 0.1) is 44.3 Å². The number of aromatic nitrogens is 2. The van der Waals surface area contributed by atoms with Crippen LogP contribution < -0.4 is 14.2 Å². The maximum absolute atomic E-state index is 14.2. The monoisotopic (exact) mass is 451 g/mol. The number of nitrogens with zero attached hydrogens (tertiary/aromatic N) is 3. The maximum Gasteiger partial charge on any atom is 0.257 e. The van der Waals surface area contributed by atoms with Crippen molar-refractivity contribution >= 4 is 11.5 Å². The highest BCUT2D eigenvalue weighted by molar-refractivity contribution is 5.96. The third-order valence-corrected chi connectivity index (χ3v) is 5.85. The molecule has 7 nitrogen and oxygen atoms in total. The second-order valence-corrected chi connectivity index (χ2v) is 7.64. The molecule has 2 heterocycles. The maximum atomic E-state index is 14.2. The van der Waals surface area contributed by atoms with Crippen molar-refractivity contribution in [2.75, 3.05) is 34.4 Å². The SMILES string of the molecule is COc1cc(OC)c(C2=CCN(C(=O)c3cnn(-c4ccccc4F)c3C)CC2)c(OC)c1. The van der Waals surface area contributed by atoms with Gasteiger partial charge in [-0.3, -0.25) is 4.79 Å². The summed E-state index contributed by atoms with van der Waals surface area (Å²) in [6.07, 6.45) is 4.13. The summed E-state index contributed by atoms with van der Waals surface area (Å²) in [5, 5.41) is 4.26. The Morgan fingerprint density at radius 1 is 1.06 bits per heavy atom. The van der Waals surface area contributed by atoms with Crippen molar-refractivity contribution in [3.05, 3.63) is 71.3 Å². The van der Waals surface area contributed by atoms with Crippen molar-refractivity contribution in [1.29, 1.82) is 0 Å². The van der Waals surface area contributed by atoms with Gasteiger partial charge in [-0.15, -0.1) is 0 Å². The minimum Gasteiger partial charge on any atom is -0.496 e. The third kappa shape index (κ3) is 4.16. The van der Waals surface area contributed by atoms with E-state index in [1.165, 1.54) is 16.9 Å². The van der Waals surface area contributed by atoms with E-state index in [9.17, 15) is 9.18 Å². The number of hydrogen-bond acceptors (Lipinski definition) is 5. The highest BCUT2D eigenvalue weighted by Gasteiger charge is 2.26. The highest BCUT2D eigenvalue weighted by Crippen LogP contribution is 2.41. The molecule has 0 radical (unpaired) electrons. The minimum absolute atomic E-state index is 0.140. The molecule has 2 aromatic carbocycles. The topological polar surface area (TPSA) is 65.8 Å². The first kappa shape index (κ1) is 22.4. The lowest BCUT2D eigenvalue weighted by atomic mass is 9.97. The van der Waals surface area contributed by atoms with E-state index in [4.69, 9.17) is 14.2 Å². The Labute approximate surface area is 192 Å². The number of ether oxygens (including phenoxy) is 3. The Kier molecular flexibility index (Phi) is 6.35. The summed E-state index contributed by atoms with van der Waals surface area (Å²) >= 11 is 0. The van der Waals surface area contributed by atoms with Crippen LogP contribution in [0.25, 0.3) is 11.3 Å². The molecule has 3 aromatic rings. The summed E-state index contributed by atoms with van der Waals surface area (Å²) in [4.78, 5) is 15.0. The van der Waals surface area contributed by atoms with Gasteiger partial charge in [0, 0.05) is 25.2 Å². The number of carbonyl (C=O) groups excluding carboxylic acids is 1. The van der Waals surface area contributed by atoms with E-state index in [0.717, 1.165) is 11.1 Å². The summed E-state index contributed by atoms with van der Waals surface area (Å²) in [6.45, 7) is 2.72. The molecule has 33 heavy (non-hydrogen) atoms. The van der Waals surface area contributed by atoms with E-state index in [1.807, 2.05) is 18.2 Å². The fraction of sp³-hybridized carbons (Fsp3) is 0.280. The van der Waals surface area contributed by atoms with Crippen LogP contribution in [0.15, 0.2) is 48.7 Å². The summed E-state index contributed by atoms with van der Waals surface area (Å²) < 4.78 is 32.1. The van der Waals surface area contributed by atoms with Crippen LogP contribution in [-0.4, -0.2) is 55.0 Å². The Morgan fingerprint density at radius 3 is 2.33 bits per heavy atom. The molecule has 0 N–H and O–H groups in total. The van der Waals surface area contributed by atoms with E-state index >= 15 is 0 Å².